The zero-order chi connectivity index (χ0) is 19.0. The predicted molar refractivity (Wildman–Crippen MR) is 104 cm³/mol. The number of aliphatic hydroxyl groups excluding tert-OH is 3. The molecule has 1 aliphatic heterocycles. The van der Waals surface area contributed by atoms with E-state index in [-0.39, 0.29) is 6.61 Å². The number of hydrogen-bond donors (Lipinski definition) is 3. The van der Waals surface area contributed by atoms with Gasteiger partial charge in [0.25, 0.3) is 0 Å². The fourth-order valence-corrected chi connectivity index (χ4v) is 3.31. The van der Waals surface area contributed by atoms with Crippen molar-refractivity contribution in [1.82, 2.24) is 0 Å². The Labute approximate surface area is 159 Å². The van der Waals surface area contributed by atoms with Crippen LogP contribution in [0.3, 0.4) is 0 Å². The van der Waals surface area contributed by atoms with E-state index in [1.807, 2.05) is 0 Å². The van der Waals surface area contributed by atoms with E-state index < -0.39 is 31.0 Å². The highest BCUT2D eigenvalue weighted by Gasteiger charge is 2.40. The molecular formula is C21H40O5. The Hall–Kier alpha value is -0.460. The monoisotopic (exact) mass is 372 g/mol. The Morgan fingerprint density at radius 1 is 1.00 bits per heavy atom. The molecule has 154 valence electrons. The quantitative estimate of drug-likeness (QED) is 0.286. The number of aliphatic hydroxyl groups is 3. The van der Waals surface area contributed by atoms with Crippen LogP contribution in [0.15, 0.2) is 12.2 Å². The molecule has 0 amide bonds. The lowest BCUT2D eigenvalue weighted by Crippen LogP contribution is -2.42. The van der Waals surface area contributed by atoms with Gasteiger partial charge in [0, 0.05) is 6.61 Å². The molecule has 0 bridgehead atoms. The van der Waals surface area contributed by atoms with E-state index in [1.165, 1.54) is 51.4 Å². The van der Waals surface area contributed by atoms with E-state index in [4.69, 9.17) is 14.6 Å². The van der Waals surface area contributed by atoms with Crippen LogP contribution < -0.4 is 0 Å². The zero-order valence-electron chi connectivity index (χ0n) is 16.5. The van der Waals surface area contributed by atoms with Gasteiger partial charge in [-0.15, -0.1) is 0 Å². The average Bonchev–Trinajstić information content (AvgIpc) is 3.02. The van der Waals surface area contributed by atoms with Gasteiger partial charge in [-0.1, -0.05) is 64.0 Å². The van der Waals surface area contributed by atoms with Crippen molar-refractivity contribution in [2.45, 2.75) is 102 Å². The highest BCUT2D eigenvalue weighted by molar-refractivity contribution is 4.89. The van der Waals surface area contributed by atoms with Gasteiger partial charge in [-0.05, 0) is 25.7 Å². The molecule has 26 heavy (non-hydrogen) atoms. The van der Waals surface area contributed by atoms with Crippen LogP contribution in [-0.4, -0.2) is 59.6 Å². The molecule has 0 radical (unpaired) electrons. The second-order valence-electron chi connectivity index (χ2n) is 7.33. The molecule has 4 atom stereocenters. The molecule has 1 heterocycles. The van der Waals surface area contributed by atoms with Crippen molar-refractivity contribution in [1.29, 1.82) is 0 Å². The maximum atomic E-state index is 9.85. The second kappa shape index (κ2) is 15.6. The largest absolute Gasteiger partial charge is 0.394 e. The Bertz CT molecular complexity index is 347. The lowest BCUT2D eigenvalue weighted by molar-refractivity contribution is -0.0935. The summed E-state index contributed by atoms with van der Waals surface area (Å²) in [6.07, 6.45) is 15.3. The number of hydrogen-bond acceptors (Lipinski definition) is 5. The third-order valence-electron chi connectivity index (χ3n) is 4.95. The SMILES string of the molecule is CCCCCCCCCC/C=C/CCCO[C@@H]1[C@H]([C@@H](O)CO)OC[C@H]1O. The van der Waals surface area contributed by atoms with Crippen LogP contribution in [0.1, 0.15) is 77.6 Å². The number of ether oxygens (including phenoxy) is 2. The molecule has 0 aromatic carbocycles. The molecule has 1 fully saturated rings. The lowest BCUT2D eigenvalue weighted by atomic mass is 10.1. The Morgan fingerprint density at radius 2 is 1.62 bits per heavy atom. The summed E-state index contributed by atoms with van der Waals surface area (Å²) in [6, 6.07) is 0. The van der Waals surface area contributed by atoms with Crippen LogP contribution in [0.2, 0.25) is 0 Å². The summed E-state index contributed by atoms with van der Waals surface area (Å²) in [4.78, 5) is 0. The van der Waals surface area contributed by atoms with E-state index in [9.17, 15) is 10.2 Å². The first-order valence-electron chi connectivity index (χ1n) is 10.6. The summed E-state index contributed by atoms with van der Waals surface area (Å²) in [5, 5.41) is 28.6. The zero-order valence-corrected chi connectivity index (χ0v) is 16.5. The number of rotatable bonds is 16. The van der Waals surface area contributed by atoms with Crippen molar-refractivity contribution in [3.05, 3.63) is 12.2 Å². The summed E-state index contributed by atoms with van der Waals surface area (Å²) < 4.78 is 11.0. The van der Waals surface area contributed by atoms with Crippen molar-refractivity contribution in [2.24, 2.45) is 0 Å². The summed E-state index contributed by atoms with van der Waals surface area (Å²) >= 11 is 0. The van der Waals surface area contributed by atoms with E-state index in [1.54, 1.807) is 0 Å². The normalized spacial score (nSPS) is 24.5. The highest BCUT2D eigenvalue weighted by Crippen LogP contribution is 2.21. The molecule has 0 unspecified atom stereocenters. The molecule has 1 saturated heterocycles. The molecule has 5 nitrogen and oxygen atoms in total. The van der Waals surface area contributed by atoms with Gasteiger partial charge in [-0.2, -0.15) is 0 Å². The van der Waals surface area contributed by atoms with E-state index in [2.05, 4.69) is 19.1 Å². The van der Waals surface area contributed by atoms with E-state index in [0.717, 1.165) is 19.3 Å². The van der Waals surface area contributed by atoms with Crippen LogP contribution in [0.4, 0.5) is 0 Å². The topological polar surface area (TPSA) is 79.2 Å². The maximum absolute atomic E-state index is 9.85. The Morgan fingerprint density at radius 3 is 2.27 bits per heavy atom. The Balaban J connectivity index is 1.95. The minimum Gasteiger partial charge on any atom is -0.394 e. The molecule has 1 rings (SSSR count). The molecular weight excluding hydrogens is 332 g/mol. The smallest absolute Gasteiger partial charge is 0.114 e. The maximum Gasteiger partial charge on any atom is 0.114 e. The van der Waals surface area contributed by atoms with Crippen molar-refractivity contribution in [3.8, 4) is 0 Å². The predicted octanol–water partition coefficient (Wildman–Crippen LogP) is 3.35. The minimum absolute atomic E-state index is 0.144. The standard InChI is InChI=1S/C21H40O5/c1-2-3-4-5-6-7-8-9-10-11-12-13-14-15-25-21-19(24)17-26-20(21)18(23)16-22/h11-12,18-24H,2-10,13-17H2,1H3/b12-11+/t18-,19+,20-,21-/m0/s1. The van der Waals surface area contributed by atoms with Gasteiger partial charge >= 0.3 is 0 Å². The van der Waals surface area contributed by atoms with Crippen molar-refractivity contribution in [3.63, 3.8) is 0 Å². The Kier molecular flexibility index (Phi) is 14.1. The summed E-state index contributed by atoms with van der Waals surface area (Å²) in [7, 11) is 0. The molecule has 0 aromatic rings. The minimum atomic E-state index is -1.01. The molecule has 5 heteroatoms. The average molecular weight is 373 g/mol. The van der Waals surface area contributed by atoms with Gasteiger partial charge in [-0.3, -0.25) is 0 Å². The summed E-state index contributed by atoms with van der Waals surface area (Å²) in [6.45, 7) is 2.52. The van der Waals surface area contributed by atoms with Gasteiger partial charge < -0.3 is 24.8 Å². The summed E-state index contributed by atoms with van der Waals surface area (Å²) in [5.74, 6) is 0. The number of unbranched alkanes of at least 4 members (excludes halogenated alkanes) is 9. The third-order valence-corrected chi connectivity index (χ3v) is 4.95. The number of allylic oxidation sites excluding steroid dienone is 2. The molecule has 3 N–H and O–H groups in total. The fraction of sp³-hybridized carbons (Fsp3) is 0.905. The summed E-state index contributed by atoms with van der Waals surface area (Å²) in [5.41, 5.74) is 0. The van der Waals surface area contributed by atoms with Gasteiger partial charge in [0.2, 0.25) is 0 Å². The van der Waals surface area contributed by atoms with Crippen LogP contribution in [0.5, 0.6) is 0 Å². The van der Waals surface area contributed by atoms with Gasteiger partial charge in [-0.25, -0.2) is 0 Å². The third kappa shape index (κ3) is 10.0. The van der Waals surface area contributed by atoms with Crippen molar-refractivity contribution in [2.75, 3.05) is 19.8 Å². The van der Waals surface area contributed by atoms with Crippen LogP contribution in [0.25, 0.3) is 0 Å². The lowest BCUT2D eigenvalue weighted by Gasteiger charge is -2.23. The molecule has 1 aliphatic rings. The molecule has 0 aromatic heterocycles. The van der Waals surface area contributed by atoms with E-state index >= 15 is 0 Å². The van der Waals surface area contributed by atoms with Crippen LogP contribution in [-0.2, 0) is 9.47 Å². The first-order valence-corrected chi connectivity index (χ1v) is 10.6. The molecule has 0 spiro atoms. The first kappa shape index (κ1) is 23.6. The van der Waals surface area contributed by atoms with Gasteiger partial charge in [0.05, 0.1) is 13.2 Å². The molecule has 0 saturated carbocycles. The van der Waals surface area contributed by atoms with Crippen LogP contribution >= 0.6 is 0 Å². The van der Waals surface area contributed by atoms with Crippen molar-refractivity contribution >= 4 is 0 Å². The fourth-order valence-electron chi connectivity index (χ4n) is 3.31. The second-order valence-corrected chi connectivity index (χ2v) is 7.33. The van der Waals surface area contributed by atoms with Gasteiger partial charge in [0.1, 0.15) is 24.4 Å². The van der Waals surface area contributed by atoms with Gasteiger partial charge in [0.15, 0.2) is 0 Å². The van der Waals surface area contributed by atoms with Crippen LogP contribution in [0, 0.1) is 0 Å². The highest BCUT2D eigenvalue weighted by atomic mass is 16.6. The first-order chi connectivity index (χ1) is 12.7. The van der Waals surface area contributed by atoms with E-state index in [0.29, 0.717) is 6.61 Å². The molecule has 0 aliphatic carbocycles. The van der Waals surface area contributed by atoms with Crippen molar-refractivity contribution < 1.29 is 24.8 Å².